The minimum Gasteiger partial charge on any atom is -0.471 e. The summed E-state index contributed by atoms with van der Waals surface area (Å²) in [5.74, 6) is -3.73. The molecule has 2 N–H and O–H groups in total. The average molecular weight is 625 g/mol. The van der Waals surface area contributed by atoms with E-state index in [2.05, 4.69) is 16.0 Å². The second-order valence-corrected chi connectivity index (χ2v) is 11.3. The molecule has 0 atom stereocenters. The normalized spacial score (nSPS) is 13.3. The lowest BCUT2D eigenvalue weighted by molar-refractivity contribution is 0.1000. The molecule has 1 aliphatic rings. The highest BCUT2D eigenvalue weighted by Crippen LogP contribution is 2.50. The van der Waals surface area contributed by atoms with Crippen LogP contribution in [0.5, 0.6) is 5.88 Å². The molecule has 6 rings (SSSR count). The lowest BCUT2D eigenvalue weighted by Gasteiger charge is -2.16. The smallest absolute Gasteiger partial charge is 0.251 e. The second-order valence-electron chi connectivity index (χ2n) is 11.3. The number of hydrogen-bond donors (Lipinski definition) is 1. The molecule has 1 saturated carbocycles. The number of pyridine rings is 1. The van der Waals surface area contributed by atoms with Crippen molar-refractivity contribution in [1.29, 1.82) is 10.5 Å². The third kappa shape index (κ3) is 5.97. The van der Waals surface area contributed by atoms with Gasteiger partial charge in [0.2, 0.25) is 5.91 Å². The molecule has 0 spiro atoms. The summed E-state index contributed by atoms with van der Waals surface area (Å²) in [7, 11) is 0. The SMILES string of the molecule is N#CCC1(Cn2c(Cc3ccc(-c4ccc(F)c(OCc5ccc(C#N)cc5F)n4)cc3F)nc3c(F)cc(C(N)=O)cc32)CC1. The molecule has 46 heavy (non-hydrogen) atoms. The summed E-state index contributed by atoms with van der Waals surface area (Å²) in [6.45, 7) is -0.0151. The van der Waals surface area contributed by atoms with E-state index >= 15 is 8.78 Å². The Bertz CT molecular complexity index is 2110. The lowest BCUT2D eigenvalue weighted by atomic mass is 10.0. The Morgan fingerprint density at radius 3 is 2.35 bits per heavy atom. The Morgan fingerprint density at radius 1 is 0.913 bits per heavy atom. The van der Waals surface area contributed by atoms with Crippen molar-refractivity contribution in [2.75, 3.05) is 0 Å². The lowest BCUT2D eigenvalue weighted by Crippen LogP contribution is -2.15. The number of hydrogen-bond acceptors (Lipinski definition) is 6. The van der Waals surface area contributed by atoms with E-state index < -0.39 is 35.1 Å². The van der Waals surface area contributed by atoms with Crippen LogP contribution >= 0.6 is 0 Å². The van der Waals surface area contributed by atoms with Gasteiger partial charge in [0.25, 0.3) is 5.88 Å². The van der Waals surface area contributed by atoms with E-state index in [0.717, 1.165) is 31.0 Å². The van der Waals surface area contributed by atoms with Crippen LogP contribution in [0.3, 0.4) is 0 Å². The zero-order chi connectivity index (χ0) is 32.6. The number of ether oxygens (including phenoxy) is 1. The molecule has 1 fully saturated rings. The van der Waals surface area contributed by atoms with E-state index in [-0.39, 0.29) is 58.3 Å². The number of carbonyl (C=O) groups is 1. The molecular formula is C34H24F4N6O2. The molecule has 1 aliphatic carbocycles. The van der Waals surface area contributed by atoms with Gasteiger partial charge in [-0.05, 0) is 60.9 Å². The minimum atomic E-state index is -0.806. The zero-order valence-corrected chi connectivity index (χ0v) is 24.2. The van der Waals surface area contributed by atoms with Gasteiger partial charge in [0, 0.05) is 41.5 Å². The molecule has 2 heterocycles. The summed E-state index contributed by atoms with van der Waals surface area (Å²) in [4.78, 5) is 20.5. The third-order valence-electron chi connectivity index (χ3n) is 8.13. The predicted molar refractivity (Wildman–Crippen MR) is 158 cm³/mol. The summed E-state index contributed by atoms with van der Waals surface area (Å²) in [5.41, 5.74) is 6.36. The number of imidazole rings is 1. The number of nitriles is 2. The van der Waals surface area contributed by atoms with E-state index in [1.807, 2.05) is 6.07 Å². The summed E-state index contributed by atoms with van der Waals surface area (Å²) < 4.78 is 66.5. The van der Waals surface area contributed by atoms with Crippen LogP contribution in [0.25, 0.3) is 22.3 Å². The van der Waals surface area contributed by atoms with Crippen molar-refractivity contribution in [2.45, 2.75) is 38.8 Å². The first-order valence-corrected chi connectivity index (χ1v) is 14.2. The number of amides is 1. The molecule has 230 valence electrons. The van der Waals surface area contributed by atoms with Gasteiger partial charge in [-0.15, -0.1) is 0 Å². The quantitative estimate of drug-likeness (QED) is 0.177. The Labute approximate surface area is 260 Å². The van der Waals surface area contributed by atoms with Crippen molar-refractivity contribution in [3.8, 4) is 29.3 Å². The highest BCUT2D eigenvalue weighted by molar-refractivity contribution is 5.96. The molecule has 0 unspecified atom stereocenters. The Hall–Kier alpha value is -5.75. The van der Waals surface area contributed by atoms with Crippen molar-refractivity contribution < 1.29 is 27.1 Å². The highest BCUT2D eigenvalue weighted by atomic mass is 19.1. The van der Waals surface area contributed by atoms with Crippen molar-refractivity contribution in [3.63, 3.8) is 0 Å². The van der Waals surface area contributed by atoms with Gasteiger partial charge in [0.05, 0.1) is 28.9 Å². The average Bonchev–Trinajstić information content (AvgIpc) is 3.71. The summed E-state index contributed by atoms with van der Waals surface area (Å²) in [6, 6.07) is 17.1. The van der Waals surface area contributed by atoms with Gasteiger partial charge in [-0.1, -0.05) is 18.2 Å². The Morgan fingerprint density at radius 2 is 1.67 bits per heavy atom. The fourth-order valence-electron chi connectivity index (χ4n) is 5.34. The van der Waals surface area contributed by atoms with Crippen LogP contribution in [0.1, 0.15) is 52.1 Å². The van der Waals surface area contributed by atoms with Crippen LogP contribution in [-0.2, 0) is 19.6 Å². The first kappa shape index (κ1) is 30.3. The number of aromatic nitrogens is 3. The van der Waals surface area contributed by atoms with Crippen LogP contribution in [0.2, 0.25) is 0 Å². The number of nitrogens with zero attached hydrogens (tertiary/aromatic N) is 5. The number of benzene rings is 3. The maximum absolute atomic E-state index is 15.6. The molecule has 2 aromatic heterocycles. The number of carbonyl (C=O) groups excluding carboxylic acids is 1. The Kier molecular flexibility index (Phi) is 7.88. The van der Waals surface area contributed by atoms with Gasteiger partial charge in [-0.3, -0.25) is 4.79 Å². The largest absolute Gasteiger partial charge is 0.471 e. The predicted octanol–water partition coefficient (Wildman–Crippen LogP) is 6.49. The van der Waals surface area contributed by atoms with Crippen LogP contribution in [0, 0.1) is 51.3 Å². The molecular weight excluding hydrogens is 600 g/mol. The van der Waals surface area contributed by atoms with Crippen molar-refractivity contribution in [3.05, 3.63) is 112 Å². The van der Waals surface area contributed by atoms with Gasteiger partial charge in [-0.25, -0.2) is 27.5 Å². The van der Waals surface area contributed by atoms with Crippen LogP contribution in [-0.4, -0.2) is 20.4 Å². The van der Waals surface area contributed by atoms with Gasteiger partial charge in [0.1, 0.15) is 29.6 Å². The zero-order valence-electron chi connectivity index (χ0n) is 24.2. The summed E-state index contributed by atoms with van der Waals surface area (Å²) in [5, 5.41) is 18.3. The topological polar surface area (TPSA) is 131 Å². The number of nitrogens with two attached hydrogens (primary N) is 1. The van der Waals surface area contributed by atoms with Crippen LogP contribution in [0.15, 0.2) is 60.7 Å². The third-order valence-corrected chi connectivity index (χ3v) is 8.13. The molecule has 8 nitrogen and oxygen atoms in total. The Balaban J connectivity index is 1.28. The van der Waals surface area contributed by atoms with E-state index in [1.54, 1.807) is 10.6 Å². The van der Waals surface area contributed by atoms with Crippen molar-refractivity contribution in [2.24, 2.45) is 11.1 Å². The van der Waals surface area contributed by atoms with Crippen LogP contribution in [0.4, 0.5) is 17.6 Å². The standard InChI is InChI=1S/C34H24F4N6O2/c35-24-5-6-28(42-33(24)46-17-22-2-1-19(16-40)11-25(22)36)21-4-3-20(26(37)12-21)15-30-43-31-27(38)13-23(32(41)45)14-29(31)44(30)18-34(7-8-34)9-10-39/h1-6,11-14H,7-9,15,17-18H2,(H2,41,45). The number of halogens is 4. The summed E-state index contributed by atoms with van der Waals surface area (Å²) in [6.07, 6.45) is 1.83. The molecule has 12 heteroatoms. The van der Waals surface area contributed by atoms with Crippen molar-refractivity contribution >= 4 is 16.9 Å². The van der Waals surface area contributed by atoms with E-state index in [0.29, 0.717) is 23.4 Å². The van der Waals surface area contributed by atoms with E-state index in [4.69, 9.17) is 15.7 Å². The monoisotopic (exact) mass is 624 g/mol. The molecule has 0 saturated heterocycles. The van der Waals surface area contributed by atoms with Gasteiger partial charge < -0.3 is 15.0 Å². The first-order chi connectivity index (χ1) is 22.1. The molecule has 1 amide bonds. The molecule has 3 aromatic carbocycles. The van der Waals surface area contributed by atoms with Gasteiger partial charge >= 0.3 is 0 Å². The second kappa shape index (κ2) is 12.0. The summed E-state index contributed by atoms with van der Waals surface area (Å²) >= 11 is 0. The molecule has 0 aliphatic heterocycles. The molecule has 0 radical (unpaired) electrons. The molecule has 5 aromatic rings. The first-order valence-electron chi connectivity index (χ1n) is 14.2. The molecule has 0 bridgehead atoms. The number of rotatable bonds is 10. The van der Waals surface area contributed by atoms with Crippen molar-refractivity contribution in [1.82, 2.24) is 14.5 Å². The van der Waals surface area contributed by atoms with Gasteiger partial charge in [0.15, 0.2) is 11.6 Å². The minimum absolute atomic E-state index is 0.00807. The van der Waals surface area contributed by atoms with Crippen LogP contribution < -0.4 is 10.5 Å². The number of primary amides is 1. The highest BCUT2D eigenvalue weighted by Gasteiger charge is 2.43. The maximum Gasteiger partial charge on any atom is 0.251 e. The maximum atomic E-state index is 15.6. The fraction of sp³-hybridized carbons (Fsp3) is 0.206. The number of fused-ring (bicyclic) bond motifs is 1. The van der Waals surface area contributed by atoms with E-state index in [1.165, 1.54) is 36.4 Å². The van der Waals surface area contributed by atoms with Gasteiger partial charge in [-0.2, -0.15) is 10.5 Å². The fourth-order valence-corrected chi connectivity index (χ4v) is 5.34. The van der Waals surface area contributed by atoms with E-state index in [9.17, 15) is 18.8 Å².